The molecule has 0 aromatic heterocycles. The van der Waals surface area contributed by atoms with Gasteiger partial charge in [-0.2, -0.15) is 13.2 Å². The van der Waals surface area contributed by atoms with Gasteiger partial charge in [0.2, 0.25) is 0 Å². The van der Waals surface area contributed by atoms with E-state index in [1.807, 2.05) is 0 Å². The van der Waals surface area contributed by atoms with E-state index < -0.39 is 30.6 Å². The molecule has 0 saturated carbocycles. The molecule has 162 valence electrons. The zero-order valence-corrected chi connectivity index (χ0v) is 17.5. The summed E-state index contributed by atoms with van der Waals surface area (Å²) < 4.78 is 44.4. The van der Waals surface area contributed by atoms with Gasteiger partial charge in [0.25, 0.3) is 5.91 Å². The molecule has 1 atom stereocenters. The zero-order chi connectivity index (χ0) is 22.1. The average molecular weight is 488 g/mol. The number of aliphatic carboxylic acids is 1. The fourth-order valence-corrected chi connectivity index (χ4v) is 2.96. The average Bonchev–Trinajstić information content (AvgIpc) is 2.67. The molecule has 0 bridgehead atoms. The fourth-order valence-electron chi connectivity index (χ4n) is 2.69. The maximum Gasteiger partial charge on any atom is 0.389 e. The molecule has 0 aliphatic rings. The Hall–Kier alpha value is -2.55. The molecule has 2 aromatic rings. The van der Waals surface area contributed by atoms with Crippen LogP contribution in [0.25, 0.3) is 0 Å². The largest absolute Gasteiger partial charge is 0.486 e. The van der Waals surface area contributed by atoms with E-state index in [-0.39, 0.29) is 25.8 Å². The topological polar surface area (TPSA) is 75.6 Å². The Morgan fingerprint density at radius 1 is 1.07 bits per heavy atom. The summed E-state index contributed by atoms with van der Waals surface area (Å²) in [7, 11) is 0. The number of carboxylic acids is 1. The van der Waals surface area contributed by atoms with Crippen LogP contribution in [-0.4, -0.2) is 29.7 Å². The van der Waals surface area contributed by atoms with Crippen molar-refractivity contribution in [3.05, 3.63) is 64.1 Å². The van der Waals surface area contributed by atoms with Crippen molar-refractivity contribution < 1.29 is 32.6 Å². The lowest BCUT2D eigenvalue weighted by Gasteiger charge is -2.20. The van der Waals surface area contributed by atoms with Crippen molar-refractivity contribution in [3.8, 4) is 5.75 Å². The minimum absolute atomic E-state index is 0.00264. The minimum Gasteiger partial charge on any atom is -0.486 e. The number of carboxylic acid groups (broad SMARTS) is 1. The minimum atomic E-state index is -4.24. The third-order valence-corrected chi connectivity index (χ3v) is 4.72. The van der Waals surface area contributed by atoms with Gasteiger partial charge in [-0.3, -0.25) is 9.59 Å². The van der Waals surface area contributed by atoms with Crippen molar-refractivity contribution in [1.29, 1.82) is 0 Å². The number of alkyl halides is 3. The van der Waals surface area contributed by atoms with Gasteiger partial charge in [0.1, 0.15) is 11.9 Å². The van der Waals surface area contributed by atoms with Gasteiger partial charge < -0.3 is 15.2 Å². The molecule has 0 fully saturated rings. The molecule has 9 heteroatoms. The number of hydrogen-bond donors (Lipinski definition) is 2. The fraction of sp³-hybridized carbons (Fsp3) is 0.333. The van der Waals surface area contributed by atoms with Gasteiger partial charge in [-0.15, -0.1) is 0 Å². The van der Waals surface area contributed by atoms with Crippen molar-refractivity contribution in [2.45, 2.75) is 38.0 Å². The van der Waals surface area contributed by atoms with Crippen LogP contribution in [0, 0.1) is 0 Å². The Labute approximate surface area is 180 Å². The van der Waals surface area contributed by atoms with Crippen molar-refractivity contribution in [2.75, 3.05) is 6.54 Å². The number of carbonyl (C=O) groups is 2. The molecule has 0 saturated heterocycles. The smallest absolute Gasteiger partial charge is 0.389 e. The van der Waals surface area contributed by atoms with Crippen LogP contribution < -0.4 is 10.1 Å². The highest BCUT2D eigenvalue weighted by Gasteiger charge is 2.27. The van der Waals surface area contributed by atoms with E-state index in [2.05, 4.69) is 21.2 Å². The summed E-state index contributed by atoms with van der Waals surface area (Å²) >= 11 is 3.32. The van der Waals surface area contributed by atoms with Gasteiger partial charge in [0, 0.05) is 23.0 Å². The van der Waals surface area contributed by atoms with Gasteiger partial charge >= 0.3 is 12.1 Å². The Morgan fingerprint density at radius 2 is 1.70 bits per heavy atom. The first-order valence-corrected chi connectivity index (χ1v) is 10.0. The molecule has 0 spiro atoms. The maximum absolute atomic E-state index is 12.5. The predicted octanol–water partition coefficient (Wildman–Crippen LogP) is 5.51. The van der Waals surface area contributed by atoms with Crippen LogP contribution in [0.15, 0.2) is 53.0 Å². The van der Waals surface area contributed by atoms with Crippen molar-refractivity contribution in [3.63, 3.8) is 0 Å². The van der Waals surface area contributed by atoms with E-state index in [9.17, 15) is 22.8 Å². The number of benzene rings is 2. The highest BCUT2D eigenvalue weighted by atomic mass is 79.9. The SMILES string of the molecule is O=C(O)CCNC(=O)c1ccc(C(CCCC(F)(F)F)Oc2ccc(Br)cc2)cc1. The van der Waals surface area contributed by atoms with Gasteiger partial charge in [-0.25, -0.2) is 0 Å². The van der Waals surface area contributed by atoms with Crippen LogP contribution in [0.1, 0.15) is 47.7 Å². The van der Waals surface area contributed by atoms with Crippen molar-refractivity contribution >= 4 is 27.8 Å². The van der Waals surface area contributed by atoms with Gasteiger partial charge in [-0.1, -0.05) is 28.1 Å². The summed E-state index contributed by atoms with van der Waals surface area (Å²) in [4.78, 5) is 22.6. The second kappa shape index (κ2) is 11.0. The number of hydrogen-bond acceptors (Lipinski definition) is 3. The summed E-state index contributed by atoms with van der Waals surface area (Å²) in [6, 6.07) is 13.3. The second-order valence-corrected chi connectivity index (χ2v) is 7.51. The molecule has 0 aliphatic heterocycles. The van der Waals surface area contributed by atoms with Gasteiger partial charge in [0.15, 0.2) is 0 Å². The number of ether oxygens (including phenoxy) is 1. The summed E-state index contributed by atoms with van der Waals surface area (Å²) in [5.74, 6) is -0.923. The molecule has 5 nitrogen and oxygen atoms in total. The summed E-state index contributed by atoms with van der Waals surface area (Å²) in [6.45, 7) is 0.00264. The summed E-state index contributed by atoms with van der Waals surface area (Å²) in [5, 5.41) is 11.1. The zero-order valence-electron chi connectivity index (χ0n) is 15.9. The molecular formula is C21H21BrF3NO4. The van der Waals surface area contributed by atoms with E-state index in [1.165, 1.54) is 12.1 Å². The van der Waals surface area contributed by atoms with E-state index in [0.29, 0.717) is 16.9 Å². The molecule has 2 rings (SSSR count). The molecular weight excluding hydrogens is 467 g/mol. The van der Waals surface area contributed by atoms with Crippen LogP contribution in [-0.2, 0) is 4.79 Å². The predicted molar refractivity (Wildman–Crippen MR) is 108 cm³/mol. The van der Waals surface area contributed by atoms with Crippen LogP contribution in [0.3, 0.4) is 0 Å². The molecule has 0 radical (unpaired) electrons. The summed E-state index contributed by atoms with van der Waals surface area (Å²) in [6.07, 6.45) is -5.89. The number of nitrogens with one attached hydrogen (secondary N) is 1. The Kier molecular flexibility index (Phi) is 8.71. The lowest BCUT2D eigenvalue weighted by atomic mass is 10.0. The molecule has 30 heavy (non-hydrogen) atoms. The van der Waals surface area contributed by atoms with Gasteiger partial charge in [-0.05, 0) is 54.8 Å². The quantitative estimate of drug-likeness (QED) is 0.463. The Balaban J connectivity index is 2.08. The van der Waals surface area contributed by atoms with Crippen molar-refractivity contribution in [2.24, 2.45) is 0 Å². The third kappa shape index (κ3) is 8.44. The van der Waals surface area contributed by atoms with E-state index in [4.69, 9.17) is 9.84 Å². The lowest BCUT2D eigenvalue weighted by molar-refractivity contribution is -0.137. The van der Waals surface area contributed by atoms with Crippen LogP contribution >= 0.6 is 15.9 Å². The second-order valence-electron chi connectivity index (χ2n) is 6.59. The Morgan fingerprint density at radius 3 is 2.27 bits per heavy atom. The van der Waals surface area contributed by atoms with E-state index in [1.54, 1.807) is 36.4 Å². The standard InChI is InChI=1S/C21H21BrF3NO4/c22-16-7-9-17(10-8-16)30-18(2-1-12-21(23,24)25)14-3-5-15(6-4-14)20(29)26-13-11-19(27)28/h3-10,18H,1-2,11-13H2,(H,26,29)(H,27,28). The molecule has 1 unspecified atom stereocenters. The Bertz CT molecular complexity index is 839. The first-order valence-electron chi connectivity index (χ1n) is 9.23. The number of carbonyl (C=O) groups excluding carboxylic acids is 1. The van der Waals surface area contributed by atoms with Crippen LogP contribution in [0.5, 0.6) is 5.75 Å². The highest BCUT2D eigenvalue weighted by molar-refractivity contribution is 9.10. The molecule has 1 amide bonds. The third-order valence-electron chi connectivity index (χ3n) is 4.19. The number of amides is 1. The lowest BCUT2D eigenvalue weighted by Crippen LogP contribution is -2.26. The monoisotopic (exact) mass is 487 g/mol. The van der Waals surface area contributed by atoms with Crippen LogP contribution in [0.2, 0.25) is 0 Å². The molecule has 0 heterocycles. The number of halogens is 4. The van der Waals surface area contributed by atoms with E-state index >= 15 is 0 Å². The maximum atomic E-state index is 12.5. The normalized spacial score (nSPS) is 12.3. The van der Waals surface area contributed by atoms with Crippen LogP contribution in [0.4, 0.5) is 13.2 Å². The van der Waals surface area contributed by atoms with Crippen molar-refractivity contribution in [1.82, 2.24) is 5.32 Å². The molecule has 0 aliphatic carbocycles. The first kappa shape index (κ1) is 23.7. The molecule has 2 aromatic carbocycles. The summed E-state index contributed by atoms with van der Waals surface area (Å²) in [5.41, 5.74) is 0.962. The van der Waals surface area contributed by atoms with E-state index in [0.717, 1.165) is 4.47 Å². The number of rotatable bonds is 10. The van der Waals surface area contributed by atoms with Gasteiger partial charge in [0.05, 0.1) is 6.42 Å². The molecule has 2 N–H and O–H groups in total. The highest BCUT2D eigenvalue weighted by Crippen LogP contribution is 2.30. The first-order chi connectivity index (χ1) is 14.1.